The number of hydrogen-bond acceptors (Lipinski definition) is 4. The summed E-state index contributed by atoms with van der Waals surface area (Å²) in [5, 5.41) is 8.24. The van der Waals surface area contributed by atoms with Crippen molar-refractivity contribution >= 4 is 34.8 Å². The molecule has 1 aromatic heterocycles. The van der Waals surface area contributed by atoms with Gasteiger partial charge in [0.2, 0.25) is 0 Å². The summed E-state index contributed by atoms with van der Waals surface area (Å²) >= 11 is 1.72. The first kappa shape index (κ1) is 17.8. The van der Waals surface area contributed by atoms with E-state index in [1.807, 2.05) is 6.92 Å². The molecule has 6 nitrogen and oxygen atoms in total. The summed E-state index contributed by atoms with van der Waals surface area (Å²) in [6, 6.07) is 8.52. The minimum atomic E-state index is -0.538. The van der Waals surface area contributed by atoms with E-state index in [0.29, 0.717) is 11.4 Å². The van der Waals surface area contributed by atoms with Crippen molar-refractivity contribution in [2.45, 2.75) is 26.8 Å². The highest BCUT2D eigenvalue weighted by molar-refractivity contribution is 7.12. The van der Waals surface area contributed by atoms with Crippen molar-refractivity contribution in [2.24, 2.45) is 0 Å². The highest BCUT2D eigenvalue weighted by Gasteiger charge is 2.14. The van der Waals surface area contributed by atoms with E-state index in [4.69, 9.17) is 0 Å². The number of aryl methyl sites for hydroxylation is 2. The topological polar surface area (TPSA) is 79.5 Å². The highest BCUT2D eigenvalue weighted by Crippen LogP contribution is 2.26. The van der Waals surface area contributed by atoms with E-state index >= 15 is 0 Å². The van der Waals surface area contributed by atoms with Crippen LogP contribution >= 0.6 is 11.3 Å². The Hall–Kier alpha value is -2.54. The Morgan fingerprint density at radius 2 is 1.67 bits per heavy atom. The van der Waals surface area contributed by atoms with E-state index in [1.165, 1.54) is 16.9 Å². The van der Waals surface area contributed by atoms with Crippen molar-refractivity contribution in [2.75, 3.05) is 17.7 Å². The smallest absolute Gasteiger partial charge is 0.411 e. The molecule has 0 aliphatic rings. The quantitative estimate of drug-likeness (QED) is 0.765. The lowest BCUT2D eigenvalue weighted by atomic mass is 10.1. The summed E-state index contributed by atoms with van der Waals surface area (Å²) in [6.45, 7) is 6.06. The van der Waals surface area contributed by atoms with Gasteiger partial charge in [0, 0.05) is 21.1 Å². The molecule has 0 radical (unpaired) electrons. The van der Waals surface area contributed by atoms with Gasteiger partial charge in [0.15, 0.2) is 0 Å². The van der Waals surface area contributed by atoms with Gasteiger partial charge in [0.1, 0.15) is 0 Å². The maximum Gasteiger partial charge on any atom is 0.411 e. The van der Waals surface area contributed by atoms with Crippen LogP contribution in [-0.2, 0) is 4.74 Å². The van der Waals surface area contributed by atoms with Gasteiger partial charge in [0.05, 0.1) is 13.2 Å². The number of ether oxygens (including phenoxy) is 1. The summed E-state index contributed by atoms with van der Waals surface area (Å²) in [7, 11) is 1.30. The van der Waals surface area contributed by atoms with Gasteiger partial charge < -0.3 is 15.4 Å². The number of rotatable bonds is 4. The average Bonchev–Trinajstić information content (AvgIpc) is 2.87. The van der Waals surface area contributed by atoms with Crippen LogP contribution in [0.4, 0.5) is 21.0 Å². The molecule has 0 bridgehead atoms. The average molecular weight is 347 g/mol. The molecule has 2 aromatic rings. The number of thiophene rings is 1. The Balaban J connectivity index is 1.92. The van der Waals surface area contributed by atoms with Gasteiger partial charge >= 0.3 is 12.1 Å². The fourth-order valence-corrected chi connectivity index (χ4v) is 3.35. The second kappa shape index (κ2) is 7.83. The van der Waals surface area contributed by atoms with E-state index in [9.17, 15) is 9.59 Å². The molecule has 0 fully saturated rings. The predicted molar refractivity (Wildman–Crippen MR) is 96.8 cm³/mol. The maximum atomic E-state index is 12.1. The molecule has 1 heterocycles. The summed E-state index contributed by atoms with van der Waals surface area (Å²) in [5.74, 6) is 0. The van der Waals surface area contributed by atoms with Crippen LogP contribution < -0.4 is 16.0 Å². The fraction of sp³-hybridized carbons (Fsp3) is 0.294. The van der Waals surface area contributed by atoms with Crippen molar-refractivity contribution < 1.29 is 14.3 Å². The van der Waals surface area contributed by atoms with Gasteiger partial charge in [0.25, 0.3) is 0 Å². The molecule has 7 heteroatoms. The number of carbonyl (C=O) groups is 2. The first-order valence-electron chi connectivity index (χ1n) is 7.48. The van der Waals surface area contributed by atoms with Crippen LogP contribution in [0.15, 0.2) is 30.3 Å². The lowest BCUT2D eigenvalue weighted by molar-refractivity contribution is 0.187. The number of methoxy groups -OCH3 is 1. The lowest BCUT2D eigenvalue weighted by Gasteiger charge is -2.15. The minimum Gasteiger partial charge on any atom is -0.453 e. The monoisotopic (exact) mass is 347 g/mol. The standard InChI is InChI=1S/C17H21N3O3S/c1-10-9-15(12(3)24-10)11(2)18-16(21)19-13-5-7-14(8-6-13)20-17(22)23-4/h5-9,11H,1-4H3,(H,20,22)(H2,18,19,21)/t11-/m1/s1. The summed E-state index contributed by atoms with van der Waals surface area (Å²) in [4.78, 5) is 25.7. The molecule has 1 atom stereocenters. The fourth-order valence-electron chi connectivity index (χ4n) is 2.33. The molecule has 0 saturated carbocycles. The Morgan fingerprint density at radius 3 is 2.17 bits per heavy atom. The van der Waals surface area contributed by atoms with E-state index in [1.54, 1.807) is 35.6 Å². The highest BCUT2D eigenvalue weighted by atomic mass is 32.1. The van der Waals surface area contributed by atoms with Gasteiger partial charge in [-0.1, -0.05) is 0 Å². The molecule has 128 valence electrons. The van der Waals surface area contributed by atoms with Gasteiger partial charge in [-0.2, -0.15) is 0 Å². The molecule has 0 saturated heterocycles. The lowest BCUT2D eigenvalue weighted by Crippen LogP contribution is -2.31. The Morgan fingerprint density at radius 1 is 1.08 bits per heavy atom. The van der Waals surface area contributed by atoms with Gasteiger partial charge in [-0.25, -0.2) is 9.59 Å². The third-order valence-corrected chi connectivity index (χ3v) is 4.45. The number of urea groups is 1. The first-order valence-corrected chi connectivity index (χ1v) is 8.30. The Kier molecular flexibility index (Phi) is 5.81. The molecule has 24 heavy (non-hydrogen) atoms. The molecular weight excluding hydrogens is 326 g/mol. The van der Waals surface area contributed by atoms with E-state index < -0.39 is 6.09 Å². The van der Waals surface area contributed by atoms with Crippen molar-refractivity contribution in [3.05, 3.63) is 45.6 Å². The van der Waals surface area contributed by atoms with Crippen LogP contribution in [0.2, 0.25) is 0 Å². The number of hydrogen-bond donors (Lipinski definition) is 3. The van der Waals surface area contributed by atoms with E-state index in [0.717, 1.165) is 5.56 Å². The van der Waals surface area contributed by atoms with Gasteiger partial charge in [-0.05, 0) is 56.7 Å². The van der Waals surface area contributed by atoms with Crippen LogP contribution in [0.5, 0.6) is 0 Å². The van der Waals surface area contributed by atoms with Crippen molar-refractivity contribution in [1.29, 1.82) is 0 Å². The predicted octanol–water partition coefficient (Wildman–Crippen LogP) is 4.43. The molecule has 3 amide bonds. The van der Waals surface area contributed by atoms with Crippen LogP contribution in [0.1, 0.15) is 28.3 Å². The summed E-state index contributed by atoms with van der Waals surface area (Å²) in [6.07, 6.45) is -0.538. The van der Waals surface area contributed by atoms with Crippen molar-refractivity contribution in [3.8, 4) is 0 Å². The first-order chi connectivity index (χ1) is 11.4. The zero-order valence-corrected chi connectivity index (χ0v) is 14.9. The third-order valence-electron chi connectivity index (χ3n) is 3.47. The maximum absolute atomic E-state index is 12.1. The van der Waals surface area contributed by atoms with Gasteiger partial charge in [-0.3, -0.25) is 5.32 Å². The molecule has 0 unspecified atom stereocenters. The number of carbonyl (C=O) groups excluding carboxylic acids is 2. The molecule has 1 aromatic carbocycles. The molecule has 0 aliphatic carbocycles. The van der Waals surface area contributed by atoms with Crippen molar-refractivity contribution in [3.63, 3.8) is 0 Å². The minimum absolute atomic E-state index is 0.0739. The number of anilines is 2. The molecule has 0 spiro atoms. The normalized spacial score (nSPS) is 11.5. The SMILES string of the molecule is COC(=O)Nc1ccc(NC(=O)N[C@H](C)c2cc(C)sc2C)cc1. The van der Waals surface area contributed by atoms with E-state index in [2.05, 4.69) is 40.6 Å². The zero-order chi connectivity index (χ0) is 17.7. The second-order valence-corrected chi connectivity index (χ2v) is 6.84. The zero-order valence-electron chi connectivity index (χ0n) is 14.1. The molecule has 2 rings (SSSR count). The van der Waals surface area contributed by atoms with Crippen LogP contribution in [-0.4, -0.2) is 19.2 Å². The Bertz CT molecular complexity index is 725. The number of amides is 3. The number of benzene rings is 1. The Labute approximate surface area is 145 Å². The largest absolute Gasteiger partial charge is 0.453 e. The third kappa shape index (κ3) is 4.73. The van der Waals surface area contributed by atoms with Crippen LogP contribution in [0.3, 0.4) is 0 Å². The molecule has 3 N–H and O–H groups in total. The second-order valence-electron chi connectivity index (χ2n) is 5.38. The summed E-state index contributed by atoms with van der Waals surface area (Å²) in [5.41, 5.74) is 2.35. The van der Waals surface area contributed by atoms with Crippen molar-refractivity contribution in [1.82, 2.24) is 5.32 Å². The molecule has 0 aliphatic heterocycles. The van der Waals surface area contributed by atoms with Crippen LogP contribution in [0, 0.1) is 13.8 Å². The number of nitrogens with one attached hydrogen (secondary N) is 3. The summed E-state index contributed by atoms with van der Waals surface area (Å²) < 4.78 is 4.52. The molecular formula is C17H21N3O3S. The van der Waals surface area contributed by atoms with E-state index in [-0.39, 0.29) is 12.1 Å². The van der Waals surface area contributed by atoms with Crippen LogP contribution in [0.25, 0.3) is 0 Å². The van der Waals surface area contributed by atoms with Gasteiger partial charge in [-0.15, -0.1) is 11.3 Å².